The molecule has 1 atom stereocenters. The molecule has 0 aliphatic heterocycles. The van der Waals surface area contributed by atoms with Crippen LogP contribution in [0.15, 0.2) is 27.8 Å². The van der Waals surface area contributed by atoms with Crippen LogP contribution in [-0.4, -0.2) is 53.8 Å². The van der Waals surface area contributed by atoms with E-state index >= 15 is 0 Å². The molecule has 1 aromatic heterocycles. The fourth-order valence-corrected chi connectivity index (χ4v) is 3.75. The summed E-state index contributed by atoms with van der Waals surface area (Å²) < 4.78 is 26.5. The number of aromatic nitrogens is 1. The summed E-state index contributed by atoms with van der Waals surface area (Å²) in [4.78, 5) is 25.7. The first kappa shape index (κ1) is 18.5. The van der Waals surface area contributed by atoms with Gasteiger partial charge < -0.3 is 10.4 Å². The Labute approximate surface area is 136 Å². The molecule has 0 bridgehead atoms. The molecular weight excluding hydrogens is 378 g/mol. The number of carboxylic acid groups (broad SMARTS) is 1. The molecule has 2 N–H and O–H groups in total. The Balaban J connectivity index is 3.12. The summed E-state index contributed by atoms with van der Waals surface area (Å²) in [5.74, 6) is -1.61. The van der Waals surface area contributed by atoms with E-state index in [1.807, 2.05) is 0 Å². The highest BCUT2D eigenvalue weighted by atomic mass is 79.9. The summed E-state index contributed by atoms with van der Waals surface area (Å²) in [5, 5.41) is 11.5. The molecule has 0 radical (unpaired) electrons. The second kappa shape index (κ2) is 7.65. The maximum Gasteiger partial charge on any atom is 0.321 e. The van der Waals surface area contributed by atoms with Crippen LogP contribution in [0.3, 0.4) is 0 Å². The van der Waals surface area contributed by atoms with E-state index in [1.165, 1.54) is 26.1 Å². The summed E-state index contributed by atoms with van der Waals surface area (Å²) in [5.41, 5.74) is 0. The van der Waals surface area contributed by atoms with Gasteiger partial charge in [-0.1, -0.05) is 0 Å². The van der Waals surface area contributed by atoms with Gasteiger partial charge in [0.1, 0.15) is 10.9 Å². The predicted molar refractivity (Wildman–Crippen MR) is 81.6 cm³/mol. The van der Waals surface area contributed by atoms with Gasteiger partial charge >= 0.3 is 5.97 Å². The van der Waals surface area contributed by atoms with E-state index in [9.17, 15) is 18.0 Å². The molecule has 22 heavy (non-hydrogen) atoms. The number of halogens is 1. The van der Waals surface area contributed by atoms with E-state index in [2.05, 4.69) is 26.2 Å². The number of carboxylic acids is 1. The van der Waals surface area contributed by atoms with Gasteiger partial charge in [-0.05, 0) is 28.9 Å². The van der Waals surface area contributed by atoms with E-state index in [0.717, 1.165) is 10.5 Å². The number of hydrogen-bond donors (Lipinski definition) is 2. The highest BCUT2D eigenvalue weighted by Crippen LogP contribution is 2.20. The van der Waals surface area contributed by atoms with Crippen molar-refractivity contribution in [1.82, 2.24) is 14.6 Å². The Morgan fingerprint density at radius 2 is 2.09 bits per heavy atom. The molecule has 1 amide bonds. The highest BCUT2D eigenvalue weighted by Gasteiger charge is 2.33. The van der Waals surface area contributed by atoms with Crippen LogP contribution in [-0.2, 0) is 19.6 Å². The number of carbonyl (C=O) groups excluding carboxylic acids is 1. The van der Waals surface area contributed by atoms with Gasteiger partial charge in [0, 0.05) is 36.9 Å². The van der Waals surface area contributed by atoms with Crippen molar-refractivity contribution >= 4 is 37.8 Å². The largest absolute Gasteiger partial charge is 0.480 e. The van der Waals surface area contributed by atoms with Gasteiger partial charge in [-0.2, -0.15) is 4.31 Å². The van der Waals surface area contributed by atoms with Crippen molar-refractivity contribution in [2.24, 2.45) is 0 Å². The molecular formula is C12H16BrN3O5S. The monoisotopic (exact) mass is 393 g/mol. The Bertz CT molecular complexity index is 664. The van der Waals surface area contributed by atoms with Gasteiger partial charge in [-0.3, -0.25) is 14.6 Å². The average Bonchev–Trinajstić information content (AvgIpc) is 2.42. The summed E-state index contributed by atoms with van der Waals surface area (Å²) >= 11 is 3.12. The summed E-state index contributed by atoms with van der Waals surface area (Å²) in [6.45, 7) is 2.40. The van der Waals surface area contributed by atoms with Crippen molar-refractivity contribution in [2.45, 2.75) is 24.8 Å². The van der Waals surface area contributed by atoms with Crippen molar-refractivity contribution in [3.05, 3.63) is 22.9 Å². The normalized spacial score (nSPS) is 12.9. The molecule has 0 aromatic carbocycles. The van der Waals surface area contributed by atoms with Gasteiger partial charge in [-0.25, -0.2) is 8.42 Å². The van der Waals surface area contributed by atoms with Crippen molar-refractivity contribution in [2.75, 3.05) is 13.1 Å². The van der Waals surface area contributed by atoms with Gasteiger partial charge in [0.05, 0.1) is 0 Å². The Morgan fingerprint density at radius 3 is 2.59 bits per heavy atom. The third-order valence-corrected chi connectivity index (χ3v) is 5.15. The SMILES string of the molecule is CC(=O)NCCN(C(C)C(=O)O)S(=O)(=O)c1cncc(Br)c1. The second-order valence-corrected chi connectivity index (χ2v) is 7.26. The molecule has 1 rings (SSSR count). The van der Waals surface area contributed by atoms with Crippen LogP contribution in [0.1, 0.15) is 13.8 Å². The molecule has 122 valence electrons. The minimum atomic E-state index is -4.06. The zero-order chi connectivity index (χ0) is 16.9. The molecule has 10 heteroatoms. The quantitative estimate of drug-likeness (QED) is 0.694. The van der Waals surface area contributed by atoms with Crippen LogP contribution in [0.2, 0.25) is 0 Å². The van der Waals surface area contributed by atoms with Crippen LogP contribution >= 0.6 is 15.9 Å². The number of hydrogen-bond acceptors (Lipinski definition) is 5. The third kappa shape index (κ3) is 4.75. The maximum absolute atomic E-state index is 12.6. The molecule has 0 aliphatic rings. The molecule has 1 unspecified atom stereocenters. The zero-order valence-electron chi connectivity index (χ0n) is 12.0. The highest BCUT2D eigenvalue weighted by molar-refractivity contribution is 9.10. The second-order valence-electron chi connectivity index (χ2n) is 4.45. The lowest BCUT2D eigenvalue weighted by Gasteiger charge is -2.25. The summed E-state index contributed by atoms with van der Waals surface area (Å²) in [6.07, 6.45) is 2.56. The van der Waals surface area contributed by atoms with Gasteiger partial charge in [0.15, 0.2) is 0 Å². The number of aliphatic carboxylic acids is 1. The van der Waals surface area contributed by atoms with Crippen LogP contribution < -0.4 is 5.32 Å². The van der Waals surface area contributed by atoms with E-state index < -0.39 is 22.0 Å². The number of amides is 1. The average molecular weight is 394 g/mol. The van der Waals surface area contributed by atoms with Crippen LogP contribution in [0, 0.1) is 0 Å². The third-order valence-electron chi connectivity index (χ3n) is 2.78. The fourth-order valence-electron chi connectivity index (χ4n) is 1.66. The maximum atomic E-state index is 12.6. The van der Waals surface area contributed by atoms with E-state index in [-0.39, 0.29) is 23.9 Å². The molecule has 8 nitrogen and oxygen atoms in total. The number of carbonyl (C=O) groups is 2. The van der Waals surface area contributed by atoms with Gasteiger partial charge in [0.25, 0.3) is 0 Å². The summed E-state index contributed by atoms with van der Waals surface area (Å²) in [7, 11) is -4.06. The zero-order valence-corrected chi connectivity index (χ0v) is 14.4. The number of pyridine rings is 1. The molecule has 0 aliphatic carbocycles. The number of nitrogens with one attached hydrogen (secondary N) is 1. The van der Waals surface area contributed by atoms with Gasteiger partial charge in [0.2, 0.25) is 15.9 Å². The minimum absolute atomic E-state index is 0.00755. The Kier molecular flexibility index (Phi) is 6.45. The first-order valence-corrected chi connectivity index (χ1v) is 8.49. The summed E-state index contributed by atoms with van der Waals surface area (Å²) in [6, 6.07) is 0.0558. The van der Waals surface area contributed by atoms with Gasteiger partial charge in [-0.15, -0.1) is 0 Å². The van der Waals surface area contributed by atoms with Crippen LogP contribution in [0.5, 0.6) is 0 Å². The first-order chi connectivity index (χ1) is 10.2. The van der Waals surface area contributed by atoms with Crippen LogP contribution in [0.25, 0.3) is 0 Å². The van der Waals surface area contributed by atoms with E-state index in [0.29, 0.717) is 4.47 Å². The first-order valence-electron chi connectivity index (χ1n) is 6.26. The number of rotatable bonds is 7. The molecule has 1 heterocycles. The molecule has 0 fully saturated rings. The van der Waals surface area contributed by atoms with Crippen molar-refractivity contribution in [3.8, 4) is 0 Å². The minimum Gasteiger partial charge on any atom is -0.480 e. The number of sulfonamides is 1. The molecule has 0 saturated heterocycles. The molecule has 0 spiro atoms. The lowest BCUT2D eigenvalue weighted by atomic mass is 10.3. The molecule has 0 saturated carbocycles. The fraction of sp³-hybridized carbons (Fsp3) is 0.417. The Hall–Kier alpha value is -1.52. The Morgan fingerprint density at radius 1 is 1.45 bits per heavy atom. The van der Waals surface area contributed by atoms with Crippen molar-refractivity contribution in [3.63, 3.8) is 0 Å². The predicted octanol–water partition coefficient (Wildman–Crippen LogP) is 0.444. The van der Waals surface area contributed by atoms with Crippen molar-refractivity contribution < 1.29 is 23.1 Å². The smallest absolute Gasteiger partial charge is 0.321 e. The van der Waals surface area contributed by atoms with Crippen LogP contribution in [0.4, 0.5) is 0 Å². The van der Waals surface area contributed by atoms with E-state index in [4.69, 9.17) is 5.11 Å². The lowest BCUT2D eigenvalue weighted by Crippen LogP contribution is -2.46. The molecule has 1 aromatic rings. The number of nitrogens with zero attached hydrogens (tertiary/aromatic N) is 2. The lowest BCUT2D eigenvalue weighted by molar-refractivity contribution is -0.140. The standard InChI is InChI=1S/C12H16BrN3O5S/c1-8(12(18)19)16(4-3-15-9(2)17)22(20,21)11-5-10(13)6-14-7-11/h5-8H,3-4H2,1-2H3,(H,15,17)(H,18,19). The van der Waals surface area contributed by atoms with E-state index in [1.54, 1.807) is 0 Å². The van der Waals surface area contributed by atoms with Crippen molar-refractivity contribution in [1.29, 1.82) is 0 Å². The topological polar surface area (TPSA) is 117 Å².